The second-order valence-electron chi connectivity index (χ2n) is 5.07. The Kier molecular flexibility index (Phi) is 3.62. The van der Waals surface area contributed by atoms with Gasteiger partial charge in [-0.25, -0.2) is 14.8 Å². The highest BCUT2D eigenvalue weighted by Gasteiger charge is 2.29. The van der Waals surface area contributed by atoms with E-state index in [2.05, 4.69) is 20.2 Å². The zero-order valence-corrected chi connectivity index (χ0v) is 12.6. The molecule has 2 aromatic heterocycles. The summed E-state index contributed by atoms with van der Waals surface area (Å²) < 4.78 is 1.81. The third-order valence-corrected chi connectivity index (χ3v) is 4.34. The summed E-state index contributed by atoms with van der Waals surface area (Å²) in [5.41, 5.74) is 0.714. The van der Waals surface area contributed by atoms with Crippen LogP contribution >= 0.6 is 11.8 Å². The number of hydrogen-bond donors (Lipinski definition) is 1. The zero-order valence-electron chi connectivity index (χ0n) is 11.8. The number of rotatable bonds is 5. The van der Waals surface area contributed by atoms with Gasteiger partial charge in [0.2, 0.25) is 0 Å². The number of carboxylic acids is 1. The van der Waals surface area contributed by atoms with Crippen LogP contribution in [-0.4, -0.2) is 35.8 Å². The van der Waals surface area contributed by atoms with Crippen LogP contribution in [0.15, 0.2) is 11.4 Å². The Labute approximate surface area is 125 Å². The highest BCUT2D eigenvalue weighted by atomic mass is 32.2. The van der Waals surface area contributed by atoms with Crippen molar-refractivity contribution in [3.05, 3.63) is 29.2 Å². The maximum absolute atomic E-state index is 11.4. The van der Waals surface area contributed by atoms with E-state index in [-0.39, 0.29) is 5.56 Å². The molecule has 0 atom stereocenters. The second kappa shape index (κ2) is 5.44. The molecule has 1 fully saturated rings. The molecular formula is C13H15N5O2S. The summed E-state index contributed by atoms with van der Waals surface area (Å²) in [5.74, 6) is 1.46. The fourth-order valence-electron chi connectivity index (χ4n) is 2.01. The molecule has 110 valence electrons. The summed E-state index contributed by atoms with van der Waals surface area (Å²) in [4.78, 5) is 20.2. The predicted molar refractivity (Wildman–Crippen MR) is 76.3 cm³/mol. The Morgan fingerprint density at radius 1 is 1.48 bits per heavy atom. The van der Waals surface area contributed by atoms with E-state index in [1.54, 1.807) is 13.3 Å². The van der Waals surface area contributed by atoms with E-state index in [4.69, 9.17) is 0 Å². The van der Waals surface area contributed by atoms with Crippen LogP contribution in [0.2, 0.25) is 0 Å². The van der Waals surface area contributed by atoms with Gasteiger partial charge in [-0.3, -0.25) is 0 Å². The first-order chi connectivity index (χ1) is 10.1. The SMILES string of the molecule is Cc1nc(C2CC2)nc(SCc2nncn2C)c1C(=O)O. The number of nitrogens with zero attached hydrogens (tertiary/aromatic N) is 5. The maximum Gasteiger partial charge on any atom is 0.340 e. The number of aromatic carboxylic acids is 1. The van der Waals surface area contributed by atoms with E-state index in [1.165, 1.54) is 11.8 Å². The number of thioether (sulfide) groups is 1. The van der Waals surface area contributed by atoms with Crippen LogP contribution in [0.25, 0.3) is 0 Å². The largest absolute Gasteiger partial charge is 0.478 e. The van der Waals surface area contributed by atoms with Gasteiger partial charge in [-0.15, -0.1) is 10.2 Å². The molecule has 0 aliphatic heterocycles. The van der Waals surface area contributed by atoms with E-state index >= 15 is 0 Å². The van der Waals surface area contributed by atoms with Crippen LogP contribution < -0.4 is 0 Å². The minimum atomic E-state index is -0.990. The molecule has 0 saturated heterocycles. The van der Waals surface area contributed by atoms with Crippen LogP contribution in [-0.2, 0) is 12.8 Å². The van der Waals surface area contributed by atoms with Crippen LogP contribution in [0.1, 0.15) is 46.5 Å². The van der Waals surface area contributed by atoms with Crippen molar-refractivity contribution >= 4 is 17.7 Å². The second-order valence-corrected chi connectivity index (χ2v) is 6.04. The van der Waals surface area contributed by atoms with Crippen molar-refractivity contribution in [3.63, 3.8) is 0 Å². The highest BCUT2D eigenvalue weighted by molar-refractivity contribution is 7.98. The third-order valence-electron chi connectivity index (χ3n) is 3.37. The van der Waals surface area contributed by atoms with Crippen molar-refractivity contribution in [1.29, 1.82) is 0 Å². The van der Waals surface area contributed by atoms with Crippen LogP contribution in [0.5, 0.6) is 0 Å². The van der Waals surface area contributed by atoms with Gasteiger partial charge in [0.15, 0.2) is 0 Å². The molecule has 1 aliphatic rings. The lowest BCUT2D eigenvalue weighted by Gasteiger charge is -2.09. The van der Waals surface area contributed by atoms with Gasteiger partial charge >= 0.3 is 5.97 Å². The van der Waals surface area contributed by atoms with Crippen molar-refractivity contribution < 1.29 is 9.90 Å². The third kappa shape index (κ3) is 2.90. The number of aromatic nitrogens is 5. The molecular weight excluding hydrogens is 290 g/mol. The van der Waals surface area contributed by atoms with Gasteiger partial charge in [-0.2, -0.15) is 0 Å². The Morgan fingerprint density at radius 3 is 2.81 bits per heavy atom. The molecule has 0 radical (unpaired) electrons. The van der Waals surface area contributed by atoms with Gasteiger partial charge in [0, 0.05) is 13.0 Å². The summed E-state index contributed by atoms with van der Waals surface area (Å²) >= 11 is 1.37. The minimum absolute atomic E-state index is 0.187. The highest BCUT2D eigenvalue weighted by Crippen LogP contribution is 2.39. The molecule has 8 heteroatoms. The Balaban J connectivity index is 1.91. The van der Waals surface area contributed by atoms with Crippen LogP contribution in [0, 0.1) is 6.92 Å². The van der Waals surface area contributed by atoms with Crippen molar-refractivity contribution in [1.82, 2.24) is 24.7 Å². The lowest BCUT2D eigenvalue weighted by molar-refractivity contribution is 0.0690. The quantitative estimate of drug-likeness (QED) is 0.664. The Bertz CT molecular complexity index is 696. The molecule has 2 heterocycles. The Morgan fingerprint density at radius 2 is 2.24 bits per heavy atom. The molecule has 0 spiro atoms. The zero-order chi connectivity index (χ0) is 15.0. The lowest BCUT2D eigenvalue weighted by atomic mass is 10.2. The number of hydrogen-bond acceptors (Lipinski definition) is 6. The van der Waals surface area contributed by atoms with E-state index < -0.39 is 5.97 Å². The molecule has 0 bridgehead atoms. The molecule has 21 heavy (non-hydrogen) atoms. The molecule has 1 saturated carbocycles. The van der Waals surface area contributed by atoms with Gasteiger partial charge in [-0.05, 0) is 19.8 Å². The van der Waals surface area contributed by atoms with E-state index in [1.807, 2.05) is 11.6 Å². The van der Waals surface area contributed by atoms with Gasteiger partial charge in [0.25, 0.3) is 0 Å². The fraction of sp³-hybridized carbons (Fsp3) is 0.462. The first-order valence-electron chi connectivity index (χ1n) is 6.63. The minimum Gasteiger partial charge on any atom is -0.478 e. The number of carbonyl (C=O) groups is 1. The van der Waals surface area contributed by atoms with E-state index in [0.717, 1.165) is 24.5 Å². The predicted octanol–water partition coefficient (Wildman–Crippen LogP) is 1.78. The average Bonchev–Trinajstić information content (AvgIpc) is 3.19. The molecule has 0 amide bonds. The number of aryl methyl sites for hydroxylation is 2. The fourth-order valence-corrected chi connectivity index (χ4v) is 3.08. The first kappa shape index (κ1) is 14.0. The molecule has 1 N–H and O–H groups in total. The summed E-state index contributed by atoms with van der Waals surface area (Å²) in [5, 5.41) is 17.7. The molecule has 0 aromatic carbocycles. The molecule has 1 aliphatic carbocycles. The smallest absolute Gasteiger partial charge is 0.340 e. The normalized spacial score (nSPS) is 14.4. The van der Waals surface area contributed by atoms with Crippen LogP contribution in [0.3, 0.4) is 0 Å². The average molecular weight is 305 g/mol. The monoisotopic (exact) mass is 305 g/mol. The molecule has 3 rings (SSSR count). The van der Waals surface area contributed by atoms with Crippen molar-refractivity contribution in [3.8, 4) is 0 Å². The molecule has 2 aromatic rings. The standard InChI is InChI=1S/C13H15N5O2S/c1-7-10(13(19)20)12(16-11(15-7)8-3-4-8)21-5-9-17-14-6-18(9)2/h6,8H,3-5H2,1-2H3,(H,19,20). The van der Waals surface area contributed by atoms with Crippen LogP contribution in [0.4, 0.5) is 0 Å². The summed E-state index contributed by atoms with van der Waals surface area (Å²) in [6.45, 7) is 1.73. The summed E-state index contributed by atoms with van der Waals surface area (Å²) in [7, 11) is 1.86. The summed E-state index contributed by atoms with van der Waals surface area (Å²) in [6.07, 6.45) is 3.79. The van der Waals surface area contributed by atoms with E-state index in [0.29, 0.717) is 22.4 Å². The van der Waals surface area contributed by atoms with Gasteiger partial charge < -0.3 is 9.67 Å². The van der Waals surface area contributed by atoms with Gasteiger partial charge in [0.1, 0.15) is 28.6 Å². The first-order valence-corrected chi connectivity index (χ1v) is 7.62. The van der Waals surface area contributed by atoms with Crippen molar-refractivity contribution in [2.45, 2.75) is 36.5 Å². The van der Waals surface area contributed by atoms with Crippen molar-refractivity contribution in [2.75, 3.05) is 0 Å². The topological polar surface area (TPSA) is 93.8 Å². The molecule has 0 unspecified atom stereocenters. The lowest BCUT2D eigenvalue weighted by Crippen LogP contribution is -2.09. The Hall–Kier alpha value is -1.96. The molecule has 7 nitrogen and oxygen atoms in total. The van der Waals surface area contributed by atoms with Gasteiger partial charge in [-0.1, -0.05) is 11.8 Å². The number of carboxylic acid groups (broad SMARTS) is 1. The maximum atomic E-state index is 11.4. The van der Waals surface area contributed by atoms with Crippen molar-refractivity contribution in [2.24, 2.45) is 7.05 Å². The summed E-state index contributed by atoms with van der Waals surface area (Å²) in [6, 6.07) is 0. The van der Waals surface area contributed by atoms with E-state index in [9.17, 15) is 9.90 Å². The van der Waals surface area contributed by atoms with Gasteiger partial charge in [0.05, 0.1) is 11.4 Å².